The van der Waals surface area contributed by atoms with Crippen molar-refractivity contribution in [2.24, 2.45) is 7.05 Å². The first-order valence-electron chi connectivity index (χ1n) is 3.79. The molecule has 0 spiro atoms. The molecular formula is C7H9N5S. The molecule has 0 bridgehead atoms. The molecule has 2 aromatic heterocycles. The smallest absolute Gasteiger partial charge is 0.183 e. The Morgan fingerprint density at radius 2 is 2.38 bits per heavy atom. The molecule has 68 valence electrons. The van der Waals surface area contributed by atoms with Gasteiger partial charge in [-0.25, -0.2) is 9.67 Å². The minimum Gasteiger partial charge on any atom is -0.365 e. The minimum absolute atomic E-state index is 0.899. The molecule has 0 saturated carbocycles. The van der Waals surface area contributed by atoms with Gasteiger partial charge in [-0.1, -0.05) is 5.21 Å². The van der Waals surface area contributed by atoms with Crippen LogP contribution in [0.2, 0.25) is 0 Å². The topological polar surface area (TPSA) is 55.6 Å². The third-order valence-electron chi connectivity index (χ3n) is 1.69. The minimum atomic E-state index is 0.899. The summed E-state index contributed by atoms with van der Waals surface area (Å²) in [7, 11) is 3.70. The predicted octanol–water partition coefficient (Wildman–Crippen LogP) is 0.980. The van der Waals surface area contributed by atoms with Crippen LogP contribution in [0.4, 0.5) is 5.13 Å². The fourth-order valence-corrected chi connectivity index (χ4v) is 1.69. The molecule has 0 radical (unpaired) electrons. The van der Waals surface area contributed by atoms with Gasteiger partial charge >= 0.3 is 0 Å². The number of hydrogen-bond donors (Lipinski definition) is 1. The Morgan fingerprint density at radius 3 is 2.92 bits per heavy atom. The summed E-state index contributed by atoms with van der Waals surface area (Å²) in [6.45, 7) is 0. The van der Waals surface area contributed by atoms with Crippen molar-refractivity contribution >= 4 is 16.5 Å². The van der Waals surface area contributed by atoms with Crippen LogP contribution in [-0.2, 0) is 7.05 Å². The number of anilines is 1. The average molecular weight is 195 g/mol. The maximum atomic E-state index is 4.34. The van der Waals surface area contributed by atoms with E-state index < -0.39 is 0 Å². The maximum Gasteiger partial charge on any atom is 0.183 e. The SMILES string of the molecule is CNc1nc(-c2cnnn2C)cs1. The van der Waals surface area contributed by atoms with Gasteiger partial charge in [0.1, 0.15) is 11.4 Å². The molecular weight excluding hydrogens is 186 g/mol. The third-order valence-corrected chi connectivity index (χ3v) is 2.55. The monoisotopic (exact) mass is 195 g/mol. The maximum absolute atomic E-state index is 4.34. The van der Waals surface area contributed by atoms with Gasteiger partial charge < -0.3 is 5.32 Å². The second-order valence-corrected chi connectivity index (χ2v) is 3.39. The van der Waals surface area contributed by atoms with E-state index in [4.69, 9.17) is 0 Å². The van der Waals surface area contributed by atoms with E-state index in [-0.39, 0.29) is 0 Å². The fourth-order valence-electron chi connectivity index (χ4n) is 1.03. The van der Waals surface area contributed by atoms with Crippen LogP contribution in [0.5, 0.6) is 0 Å². The molecule has 2 aromatic rings. The number of thiazole rings is 1. The van der Waals surface area contributed by atoms with Crippen LogP contribution in [-0.4, -0.2) is 27.0 Å². The summed E-state index contributed by atoms with van der Waals surface area (Å²) in [5.41, 5.74) is 1.83. The van der Waals surface area contributed by atoms with E-state index >= 15 is 0 Å². The molecule has 0 amide bonds. The summed E-state index contributed by atoms with van der Waals surface area (Å²) >= 11 is 1.57. The van der Waals surface area contributed by atoms with Crippen molar-refractivity contribution < 1.29 is 0 Å². The van der Waals surface area contributed by atoms with E-state index in [1.165, 1.54) is 0 Å². The lowest BCUT2D eigenvalue weighted by atomic mass is 10.4. The zero-order chi connectivity index (χ0) is 9.26. The van der Waals surface area contributed by atoms with Gasteiger partial charge in [0, 0.05) is 19.5 Å². The Labute approximate surface area is 79.4 Å². The van der Waals surface area contributed by atoms with E-state index in [1.807, 2.05) is 19.5 Å². The predicted molar refractivity (Wildman–Crippen MR) is 51.7 cm³/mol. The van der Waals surface area contributed by atoms with Gasteiger partial charge in [0.25, 0.3) is 0 Å². The first-order chi connectivity index (χ1) is 6.31. The molecule has 0 aliphatic heterocycles. The summed E-state index contributed by atoms with van der Waals surface area (Å²) in [6, 6.07) is 0. The average Bonchev–Trinajstić information content (AvgIpc) is 2.71. The first kappa shape index (κ1) is 8.18. The Kier molecular flexibility index (Phi) is 1.97. The van der Waals surface area contributed by atoms with Crippen LogP contribution in [0.1, 0.15) is 0 Å². The molecule has 13 heavy (non-hydrogen) atoms. The Morgan fingerprint density at radius 1 is 1.54 bits per heavy atom. The van der Waals surface area contributed by atoms with E-state index in [1.54, 1.807) is 22.2 Å². The van der Waals surface area contributed by atoms with Crippen molar-refractivity contribution in [3.05, 3.63) is 11.6 Å². The molecule has 1 N–H and O–H groups in total. The lowest BCUT2D eigenvalue weighted by molar-refractivity contribution is 0.719. The third kappa shape index (κ3) is 1.40. The summed E-state index contributed by atoms with van der Waals surface area (Å²) in [5.74, 6) is 0. The van der Waals surface area contributed by atoms with E-state index in [2.05, 4.69) is 20.6 Å². The number of nitrogens with one attached hydrogen (secondary N) is 1. The largest absolute Gasteiger partial charge is 0.365 e. The Balaban J connectivity index is 2.41. The van der Waals surface area contributed by atoms with Gasteiger partial charge in [-0.05, 0) is 0 Å². The second kappa shape index (κ2) is 3.14. The Hall–Kier alpha value is -1.43. The summed E-state index contributed by atoms with van der Waals surface area (Å²) < 4.78 is 1.70. The molecule has 0 aromatic carbocycles. The zero-order valence-electron chi connectivity index (χ0n) is 7.35. The van der Waals surface area contributed by atoms with Gasteiger partial charge in [0.05, 0.1) is 6.20 Å². The van der Waals surface area contributed by atoms with Gasteiger partial charge in [-0.15, -0.1) is 16.4 Å². The van der Waals surface area contributed by atoms with E-state index in [0.29, 0.717) is 0 Å². The highest BCUT2D eigenvalue weighted by Gasteiger charge is 2.07. The van der Waals surface area contributed by atoms with Crippen molar-refractivity contribution in [3.63, 3.8) is 0 Å². The molecule has 2 heterocycles. The van der Waals surface area contributed by atoms with Crippen LogP contribution >= 0.6 is 11.3 Å². The zero-order valence-corrected chi connectivity index (χ0v) is 8.17. The number of rotatable bonds is 2. The molecule has 0 saturated heterocycles. The van der Waals surface area contributed by atoms with Gasteiger partial charge in [-0.3, -0.25) is 0 Å². The van der Waals surface area contributed by atoms with E-state index in [0.717, 1.165) is 16.5 Å². The quantitative estimate of drug-likeness (QED) is 0.776. The van der Waals surface area contributed by atoms with Gasteiger partial charge in [0.2, 0.25) is 0 Å². The molecule has 0 unspecified atom stereocenters. The summed E-state index contributed by atoms with van der Waals surface area (Å²) in [5, 5.41) is 13.5. The van der Waals surface area contributed by atoms with Crippen molar-refractivity contribution in [2.45, 2.75) is 0 Å². The first-order valence-corrected chi connectivity index (χ1v) is 4.67. The summed E-state index contributed by atoms with van der Waals surface area (Å²) in [4.78, 5) is 4.34. The molecule has 2 rings (SSSR count). The second-order valence-electron chi connectivity index (χ2n) is 2.53. The van der Waals surface area contributed by atoms with Crippen molar-refractivity contribution in [2.75, 3.05) is 12.4 Å². The highest BCUT2D eigenvalue weighted by molar-refractivity contribution is 7.14. The van der Waals surface area contributed by atoms with Crippen LogP contribution in [0.3, 0.4) is 0 Å². The standard InChI is InChI=1S/C7H9N5S/c1-8-7-10-5(4-13-7)6-3-9-11-12(6)2/h3-4H,1-2H3,(H,8,10). The Bertz CT molecular complexity index is 404. The lowest BCUT2D eigenvalue weighted by Crippen LogP contribution is -1.94. The van der Waals surface area contributed by atoms with Crippen LogP contribution in [0.15, 0.2) is 11.6 Å². The fraction of sp³-hybridized carbons (Fsp3) is 0.286. The van der Waals surface area contributed by atoms with E-state index in [9.17, 15) is 0 Å². The lowest BCUT2D eigenvalue weighted by Gasteiger charge is -1.93. The molecule has 0 atom stereocenters. The molecule has 0 aliphatic rings. The number of aryl methyl sites for hydroxylation is 1. The molecule has 5 nitrogen and oxygen atoms in total. The van der Waals surface area contributed by atoms with Gasteiger partial charge in [0.15, 0.2) is 5.13 Å². The number of aromatic nitrogens is 4. The molecule has 0 fully saturated rings. The molecule has 0 aliphatic carbocycles. The van der Waals surface area contributed by atoms with Crippen molar-refractivity contribution in [3.8, 4) is 11.4 Å². The highest BCUT2D eigenvalue weighted by Crippen LogP contribution is 2.22. The summed E-state index contributed by atoms with van der Waals surface area (Å²) in [6.07, 6.45) is 1.70. The number of hydrogen-bond acceptors (Lipinski definition) is 5. The van der Waals surface area contributed by atoms with Crippen molar-refractivity contribution in [1.82, 2.24) is 20.0 Å². The molecule has 6 heteroatoms. The van der Waals surface area contributed by atoms with Crippen LogP contribution < -0.4 is 5.32 Å². The van der Waals surface area contributed by atoms with Crippen LogP contribution in [0.25, 0.3) is 11.4 Å². The normalized spacial score (nSPS) is 10.3. The van der Waals surface area contributed by atoms with Gasteiger partial charge in [-0.2, -0.15) is 0 Å². The number of nitrogens with zero attached hydrogens (tertiary/aromatic N) is 4. The van der Waals surface area contributed by atoms with Crippen molar-refractivity contribution in [1.29, 1.82) is 0 Å². The highest BCUT2D eigenvalue weighted by atomic mass is 32.1. The van der Waals surface area contributed by atoms with Crippen LogP contribution in [0, 0.1) is 0 Å².